The van der Waals surface area contributed by atoms with E-state index in [1.165, 1.54) is 0 Å². The number of carbonyl (C=O) groups is 2. The monoisotopic (exact) mass is 630 g/mol. The number of hydrogen-bond donors (Lipinski definition) is 3. The number of nitrogens with zero attached hydrogens (tertiary/aromatic N) is 7. The van der Waals surface area contributed by atoms with Gasteiger partial charge in [-0.25, -0.2) is 20.8 Å². The molecular formula is C30H34N10O4S. The van der Waals surface area contributed by atoms with Crippen molar-refractivity contribution in [3.63, 3.8) is 0 Å². The van der Waals surface area contributed by atoms with Gasteiger partial charge in [-0.2, -0.15) is 5.10 Å². The van der Waals surface area contributed by atoms with Crippen molar-refractivity contribution in [2.24, 2.45) is 5.90 Å². The minimum atomic E-state index is -1.27. The summed E-state index contributed by atoms with van der Waals surface area (Å²) in [6.07, 6.45) is 8.36. The molecule has 14 nitrogen and oxygen atoms in total. The van der Waals surface area contributed by atoms with Crippen LogP contribution in [0.15, 0.2) is 48.9 Å². The molecule has 2 amide bonds. The summed E-state index contributed by atoms with van der Waals surface area (Å²) in [6.45, 7) is 4.80. The van der Waals surface area contributed by atoms with Crippen molar-refractivity contribution >= 4 is 51.1 Å². The maximum Gasteiger partial charge on any atom is 0.260 e. The lowest BCUT2D eigenvalue weighted by atomic mass is 10.0. The first-order valence-corrected chi connectivity index (χ1v) is 15.8. The fourth-order valence-corrected chi connectivity index (χ4v) is 6.93. The fraction of sp³-hybridized carbons (Fsp3) is 0.400. The molecule has 0 saturated carbocycles. The van der Waals surface area contributed by atoms with E-state index in [9.17, 15) is 9.59 Å². The molecule has 1 aromatic carbocycles. The molecule has 3 aromatic heterocycles. The topological polar surface area (TPSA) is 168 Å². The largest absolute Gasteiger partial charge is 0.378 e. The number of amides is 2. The quantitative estimate of drug-likeness (QED) is 0.243. The number of morpholine rings is 1. The van der Waals surface area contributed by atoms with Gasteiger partial charge in [0, 0.05) is 75.4 Å². The van der Waals surface area contributed by atoms with Gasteiger partial charge < -0.3 is 19.9 Å². The van der Waals surface area contributed by atoms with E-state index in [1.807, 2.05) is 28.0 Å². The van der Waals surface area contributed by atoms with E-state index in [0.717, 1.165) is 45.3 Å². The SMILES string of the molecule is NO[C@@]1(C(=O)Nc2ccc3[nH]nc(N4CCOCC4)c3c2)CCN(CC(=O)N2CC=C(c3ncc(-c4ncccn4)s3)CC2)C1. The molecular weight excluding hydrogens is 596 g/mol. The summed E-state index contributed by atoms with van der Waals surface area (Å²) in [6, 6.07) is 7.40. The summed E-state index contributed by atoms with van der Waals surface area (Å²) in [5.74, 6) is 6.87. The molecule has 0 spiro atoms. The lowest BCUT2D eigenvalue weighted by Gasteiger charge is -2.29. The van der Waals surface area contributed by atoms with Gasteiger partial charge in [0.25, 0.3) is 5.91 Å². The molecule has 7 rings (SSSR count). The maximum atomic E-state index is 13.5. The van der Waals surface area contributed by atoms with Crippen LogP contribution in [0, 0.1) is 0 Å². The molecule has 4 aromatic rings. The van der Waals surface area contributed by atoms with Gasteiger partial charge in [0.05, 0.1) is 30.2 Å². The van der Waals surface area contributed by atoms with Gasteiger partial charge in [-0.15, -0.1) is 11.3 Å². The van der Waals surface area contributed by atoms with E-state index >= 15 is 0 Å². The zero-order chi connectivity index (χ0) is 30.8. The van der Waals surface area contributed by atoms with Crippen molar-refractivity contribution in [3.8, 4) is 10.7 Å². The van der Waals surface area contributed by atoms with Crippen LogP contribution in [0.3, 0.4) is 0 Å². The number of nitrogens with one attached hydrogen (secondary N) is 2. The van der Waals surface area contributed by atoms with Crippen molar-refractivity contribution in [2.75, 3.05) is 69.2 Å². The van der Waals surface area contributed by atoms with Gasteiger partial charge in [0.15, 0.2) is 17.2 Å². The summed E-state index contributed by atoms with van der Waals surface area (Å²) in [7, 11) is 0. The number of likely N-dealkylation sites (tertiary alicyclic amines) is 1. The minimum Gasteiger partial charge on any atom is -0.378 e. The maximum absolute atomic E-state index is 13.5. The Morgan fingerprint density at radius 3 is 2.76 bits per heavy atom. The number of hydrogen-bond acceptors (Lipinski definition) is 12. The number of ether oxygens (including phenoxy) is 1. The second-order valence-electron chi connectivity index (χ2n) is 11.4. The van der Waals surface area contributed by atoms with E-state index in [0.29, 0.717) is 57.2 Å². The Balaban J connectivity index is 0.954. The Hall–Kier alpha value is -4.28. The molecule has 2 fully saturated rings. The Labute approximate surface area is 263 Å². The smallest absolute Gasteiger partial charge is 0.260 e. The van der Waals surface area contributed by atoms with Crippen LogP contribution >= 0.6 is 11.3 Å². The van der Waals surface area contributed by atoms with Crippen molar-refractivity contribution < 1.29 is 19.2 Å². The van der Waals surface area contributed by atoms with Crippen molar-refractivity contribution in [3.05, 3.63) is 53.9 Å². The van der Waals surface area contributed by atoms with Crippen molar-refractivity contribution in [2.45, 2.75) is 18.4 Å². The molecule has 0 unspecified atom stereocenters. The molecule has 6 heterocycles. The summed E-state index contributed by atoms with van der Waals surface area (Å²) in [5, 5.41) is 12.4. The highest BCUT2D eigenvalue weighted by molar-refractivity contribution is 7.16. The average Bonchev–Trinajstić information content (AvgIpc) is 3.85. The predicted octanol–water partition coefficient (Wildman–Crippen LogP) is 1.90. The third-order valence-electron chi connectivity index (χ3n) is 8.55. The van der Waals surface area contributed by atoms with E-state index in [4.69, 9.17) is 15.5 Å². The molecule has 45 heavy (non-hydrogen) atoms. The van der Waals surface area contributed by atoms with E-state index in [1.54, 1.807) is 36.0 Å². The van der Waals surface area contributed by atoms with E-state index in [-0.39, 0.29) is 24.9 Å². The fourth-order valence-electron chi connectivity index (χ4n) is 6.00. The molecule has 0 bridgehead atoms. The third-order valence-corrected chi connectivity index (χ3v) is 9.62. The number of fused-ring (bicyclic) bond motifs is 1. The van der Waals surface area contributed by atoms with Crippen LogP contribution in [0.2, 0.25) is 0 Å². The van der Waals surface area contributed by atoms with Crippen molar-refractivity contribution in [1.29, 1.82) is 0 Å². The Kier molecular flexibility index (Phi) is 8.25. The van der Waals surface area contributed by atoms with Gasteiger partial charge in [0.2, 0.25) is 5.91 Å². The molecule has 0 radical (unpaired) electrons. The highest BCUT2D eigenvalue weighted by Crippen LogP contribution is 2.32. The predicted molar refractivity (Wildman–Crippen MR) is 169 cm³/mol. The molecule has 1 atom stereocenters. The third kappa shape index (κ3) is 6.04. The Morgan fingerprint density at radius 1 is 1.13 bits per heavy atom. The number of carbonyl (C=O) groups excluding carboxylic acids is 2. The van der Waals surface area contributed by atoms with Crippen LogP contribution in [0.5, 0.6) is 0 Å². The number of anilines is 2. The normalized spacial score (nSPS) is 20.9. The summed E-state index contributed by atoms with van der Waals surface area (Å²) in [5.41, 5.74) is 1.35. The minimum absolute atomic E-state index is 0.00269. The second kappa shape index (κ2) is 12.6. The van der Waals surface area contributed by atoms with Gasteiger partial charge in [-0.3, -0.25) is 24.4 Å². The lowest BCUT2D eigenvalue weighted by molar-refractivity contribution is -0.141. The highest BCUT2D eigenvalue weighted by Gasteiger charge is 2.46. The van der Waals surface area contributed by atoms with Gasteiger partial charge in [0.1, 0.15) is 5.01 Å². The number of aromatic nitrogens is 5. The van der Waals surface area contributed by atoms with Crippen LogP contribution < -0.4 is 16.1 Å². The Bertz CT molecular complexity index is 1720. The van der Waals surface area contributed by atoms with Crippen LogP contribution in [0.25, 0.3) is 27.2 Å². The number of benzene rings is 1. The van der Waals surface area contributed by atoms with Gasteiger partial charge in [-0.05, 0) is 36.3 Å². The highest BCUT2D eigenvalue weighted by atomic mass is 32.1. The number of rotatable bonds is 8. The molecule has 3 aliphatic heterocycles. The second-order valence-corrected chi connectivity index (χ2v) is 12.4. The lowest BCUT2D eigenvalue weighted by Crippen LogP contribution is -2.50. The first-order valence-electron chi connectivity index (χ1n) is 14.9. The van der Waals surface area contributed by atoms with Crippen LogP contribution in [0.4, 0.5) is 11.5 Å². The first-order chi connectivity index (χ1) is 22.0. The summed E-state index contributed by atoms with van der Waals surface area (Å²) < 4.78 is 5.47. The number of nitrogens with two attached hydrogens (primary N) is 1. The standard InChI is InChI=1S/C30H34N10O4S/c31-44-30(29(42)35-21-2-3-23-22(16-21)27(37-36-23)40-12-14-43-15-13-40)6-11-38(19-30)18-25(41)39-9-4-20(5-10-39)28-34-17-24(45-28)26-32-7-1-8-33-26/h1-4,7-8,16-17H,5-6,9-15,18-19,31H2,(H,35,42)(H,36,37)/t30-/m0/s1. The molecule has 0 aliphatic carbocycles. The first kappa shape index (κ1) is 29.4. The summed E-state index contributed by atoms with van der Waals surface area (Å²) in [4.78, 5) is 52.1. The number of aromatic amines is 1. The van der Waals surface area contributed by atoms with Crippen LogP contribution in [-0.2, 0) is 19.2 Å². The van der Waals surface area contributed by atoms with Crippen LogP contribution in [-0.4, -0.2) is 111 Å². The molecule has 15 heteroatoms. The molecule has 3 aliphatic rings. The summed E-state index contributed by atoms with van der Waals surface area (Å²) >= 11 is 1.55. The average molecular weight is 631 g/mol. The van der Waals surface area contributed by atoms with Gasteiger partial charge in [-0.1, -0.05) is 6.08 Å². The van der Waals surface area contributed by atoms with Gasteiger partial charge >= 0.3 is 0 Å². The zero-order valence-electron chi connectivity index (χ0n) is 24.6. The molecule has 2 saturated heterocycles. The molecule has 234 valence electrons. The zero-order valence-corrected chi connectivity index (χ0v) is 25.5. The molecule has 4 N–H and O–H groups in total. The van der Waals surface area contributed by atoms with Crippen molar-refractivity contribution in [1.82, 2.24) is 34.9 Å². The van der Waals surface area contributed by atoms with Crippen LogP contribution in [0.1, 0.15) is 17.8 Å². The van der Waals surface area contributed by atoms with E-state index in [2.05, 4.69) is 41.4 Å². The Morgan fingerprint density at radius 2 is 1.98 bits per heavy atom. The van der Waals surface area contributed by atoms with E-state index < -0.39 is 5.60 Å². The number of H-pyrrole nitrogens is 1. The number of thiazole rings is 1.